The summed E-state index contributed by atoms with van der Waals surface area (Å²) in [5, 5.41) is 1.25. The number of rotatable bonds is 12. The van der Waals surface area contributed by atoms with Crippen molar-refractivity contribution < 1.29 is 26.3 Å². The molecule has 5 rings (SSSR count). The first-order valence-corrected chi connectivity index (χ1v) is 19.3. The molecule has 51 heavy (non-hydrogen) atoms. The summed E-state index contributed by atoms with van der Waals surface area (Å²) in [6.07, 6.45) is 12.7. The molecule has 0 spiro atoms. The number of hydrogen-bond donors (Lipinski definition) is 0. The molecule has 1 aliphatic rings. The Bertz CT molecular complexity index is 1690. The molecule has 0 aliphatic heterocycles. The number of benzene rings is 4. The van der Waals surface area contributed by atoms with E-state index in [1.54, 1.807) is 18.2 Å². The summed E-state index contributed by atoms with van der Waals surface area (Å²) in [4.78, 5) is 0. The lowest BCUT2D eigenvalue weighted by atomic mass is 9.80. The first-order valence-electron chi connectivity index (χ1n) is 19.3. The Kier molecular flexibility index (Phi) is 17.1. The topological polar surface area (TPSA) is 0 Å². The van der Waals surface area contributed by atoms with E-state index < -0.39 is 34.9 Å². The lowest BCUT2D eigenvalue weighted by Crippen LogP contribution is -2.17. The molecule has 6 heteroatoms. The van der Waals surface area contributed by atoms with Crippen LogP contribution in [0.4, 0.5) is 26.3 Å². The zero-order valence-corrected chi connectivity index (χ0v) is 31.9. The van der Waals surface area contributed by atoms with Crippen molar-refractivity contribution in [2.75, 3.05) is 0 Å². The molecule has 4 aromatic carbocycles. The fourth-order valence-corrected chi connectivity index (χ4v) is 7.31. The summed E-state index contributed by atoms with van der Waals surface area (Å²) < 4.78 is 83.1. The van der Waals surface area contributed by atoms with Gasteiger partial charge in [-0.3, -0.25) is 0 Å². The van der Waals surface area contributed by atoms with Crippen molar-refractivity contribution >= 4 is 10.8 Å². The van der Waals surface area contributed by atoms with E-state index in [2.05, 4.69) is 13.8 Å². The predicted octanol–water partition coefficient (Wildman–Crippen LogP) is 14.0. The zero-order valence-electron chi connectivity index (χ0n) is 31.9. The highest BCUT2D eigenvalue weighted by Gasteiger charge is 2.25. The third-order valence-corrected chi connectivity index (χ3v) is 9.96. The number of aryl methyl sites for hydroxylation is 7. The van der Waals surface area contributed by atoms with Gasteiger partial charge < -0.3 is 0 Å². The van der Waals surface area contributed by atoms with Crippen molar-refractivity contribution in [2.45, 2.75) is 145 Å². The molecule has 1 unspecified atom stereocenters. The Balaban J connectivity index is 0.000000209. The average molecular weight is 713 g/mol. The number of fused-ring (bicyclic) bond motifs is 2. The van der Waals surface area contributed by atoms with E-state index in [-0.39, 0.29) is 0 Å². The standard InChI is InChI=1S/C17H20F2.C16H22F2.C12H16F2/c1-4-6-12-8-9-13-10-14(7-5-2)16(18)17(19)15(13)11(12)3;1-3-5-11-7-8-12-10-13(6-4-2)15(17)16(18)14(12)9-11;1-3-5-9-7-8-10(6-4-2)12(14)11(9)13/h8-10H,4-7H2,1-3H3;10-11H,3-9H2,1-2H3;7-8H,3-6H2,1-2H3. The Labute approximate surface area is 303 Å². The largest absolute Gasteiger partial charge is 0.203 e. The second-order valence-electron chi connectivity index (χ2n) is 14.1. The average Bonchev–Trinajstić information content (AvgIpc) is 3.11. The van der Waals surface area contributed by atoms with Crippen LogP contribution in [0.2, 0.25) is 0 Å². The van der Waals surface area contributed by atoms with Gasteiger partial charge in [-0.05, 0) is 120 Å². The number of halogens is 6. The van der Waals surface area contributed by atoms with Crippen molar-refractivity contribution in [2.24, 2.45) is 5.92 Å². The Morgan fingerprint density at radius 3 is 1.49 bits per heavy atom. The van der Waals surface area contributed by atoms with Crippen LogP contribution in [0.1, 0.15) is 137 Å². The maximum absolute atomic E-state index is 14.3. The molecule has 280 valence electrons. The van der Waals surface area contributed by atoms with E-state index in [9.17, 15) is 26.3 Å². The summed E-state index contributed by atoms with van der Waals surface area (Å²) in [5.74, 6) is -3.31. The Morgan fingerprint density at radius 2 is 0.961 bits per heavy atom. The van der Waals surface area contributed by atoms with Crippen molar-refractivity contribution in [3.8, 4) is 0 Å². The molecule has 0 fully saturated rings. The minimum atomic E-state index is -0.684. The van der Waals surface area contributed by atoms with Crippen LogP contribution in [-0.4, -0.2) is 0 Å². The lowest BCUT2D eigenvalue weighted by molar-refractivity contribution is 0.400. The third-order valence-electron chi connectivity index (χ3n) is 9.96. The van der Waals surface area contributed by atoms with Crippen LogP contribution in [0.15, 0.2) is 36.4 Å². The molecule has 0 N–H and O–H groups in total. The van der Waals surface area contributed by atoms with Gasteiger partial charge in [-0.25, -0.2) is 26.3 Å². The summed E-state index contributed by atoms with van der Waals surface area (Å²) in [6, 6.07) is 11.0. The lowest BCUT2D eigenvalue weighted by Gasteiger charge is -2.25. The van der Waals surface area contributed by atoms with Gasteiger partial charge in [0.2, 0.25) is 0 Å². The summed E-state index contributed by atoms with van der Waals surface area (Å²) in [5.41, 5.74) is 5.70. The third kappa shape index (κ3) is 10.6. The zero-order chi connectivity index (χ0) is 37.7. The molecule has 1 aliphatic carbocycles. The number of hydrogen-bond acceptors (Lipinski definition) is 0. The van der Waals surface area contributed by atoms with Crippen molar-refractivity contribution in [1.29, 1.82) is 0 Å². The maximum atomic E-state index is 14.3. The predicted molar refractivity (Wildman–Crippen MR) is 202 cm³/mol. The molecule has 0 nitrogen and oxygen atoms in total. The smallest absolute Gasteiger partial charge is 0.167 e. The molecular formula is C45H58F6. The molecule has 0 bridgehead atoms. The van der Waals surface area contributed by atoms with E-state index in [0.29, 0.717) is 64.8 Å². The summed E-state index contributed by atoms with van der Waals surface area (Å²) in [6.45, 7) is 14.0. The van der Waals surface area contributed by atoms with Crippen LogP contribution >= 0.6 is 0 Å². The Morgan fingerprint density at radius 1 is 0.510 bits per heavy atom. The van der Waals surface area contributed by atoms with Gasteiger partial charge in [0.25, 0.3) is 0 Å². The van der Waals surface area contributed by atoms with E-state index in [1.165, 1.54) is 0 Å². The summed E-state index contributed by atoms with van der Waals surface area (Å²) >= 11 is 0. The highest BCUT2D eigenvalue weighted by Crippen LogP contribution is 2.33. The Hall–Kier alpha value is -3.28. The highest BCUT2D eigenvalue weighted by molar-refractivity contribution is 5.88. The molecule has 1 atom stereocenters. The van der Waals surface area contributed by atoms with Crippen molar-refractivity contribution in [3.63, 3.8) is 0 Å². The first kappa shape index (κ1) is 42.1. The van der Waals surface area contributed by atoms with Crippen LogP contribution in [0.25, 0.3) is 10.8 Å². The minimum absolute atomic E-state index is 0.448. The molecule has 0 saturated carbocycles. The monoisotopic (exact) mass is 712 g/mol. The summed E-state index contributed by atoms with van der Waals surface area (Å²) in [7, 11) is 0. The van der Waals surface area contributed by atoms with E-state index in [1.807, 2.05) is 52.8 Å². The fraction of sp³-hybridized carbons (Fsp3) is 0.511. The normalized spacial score (nSPS) is 13.7. The van der Waals surface area contributed by atoms with Gasteiger partial charge in [0, 0.05) is 5.39 Å². The van der Waals surface area contributed by atoms with Crippen molar-refractivity contribution in [1.82, 2.24) is 0 Å². The van der Waals surface area contributed by atoms with Gasteiger partial charge in [-0.15, -0.1) is 0 Å². The second-order valence-corrected chi connectivity index (χ2v) is 14.1. The van der Waals surface area contributed by atoms with Gasteiger partial charge in [-0.1, -0.05) is 117 Å². The van der Waals surface area contributed by atoms with Gasteiger partial charge in [-0.2, -0.15) is 0 Å². The molecular weight excluding hydrogens is 654 g/mol. The maximum Gasteiger partial charge on any atom is 0.167 e. The van der Waals surface area contributed by atoms with Gasteiger partial charge in [0.15, 0.2) is 34.9 Å². The van der Waals surface area contributed by atoms with Crippen LogP contribution in [0.5, 0.6) is 0 Å². The molecule has 4 aromatic rings. The van der Waals surface area contributed by atoms with Gasteiger partial charge >= 0.3 is 0 Å². The second kappa shape index (κ2) is 20.7. The molecule has 0 heterocycles. The molecule has 0 radical (unpaired) electrons. The van der Waals surface area contributed by atoms with E-state index >= 15 is 0 Å². The van der Waals surface area contributed by atoms with Gasteiger partial charge in [0.1, 0.15) is 0 Å². The fourth-order valence-electron chi connectivity index (χ4n) is 7.31. The van der Waals surface area contributed by atoms with Crippen LogP contribution < -0.4 is 0 Å². The van der Waals surface area contributed by atoms with Crippen LogP contribution in [0.3, 0.4) is 0 Å². The van der Waals surface area contributed by atoms with Crippen LogP contribution in [0, 0.1) is 47.7 Å². The molecule has 0 amide bonds. The van der Waals surface area contributed by atoms with Crippen LogP contribution in [-0.2, 0) is 44.9 Å². The van der Waals surface area contributed by atoms with E-state index in [0.717, 1.165) is 92.7 Å². The van der Waals surface area contributed by atoms with E-state index in [4.69, 9.17) is 0 Å². The quantitative estimate of drug-likeness (QED) is 0.128. The van der Waals surface area contributed by atoms with Crippen molar-refractivity contribution in [3.05, 3.63) is 116 Å². The minimum Gasteiger partial charge on any atom is -0.203 e. The first-order chi connectivity index (χ1) is 24.5. The highest BCUT2D eigenvalue weighted by atomic mass is 19.2. The SMILES string of the molecule is CCCc1cc2c(c(F)c1F)CC(CCC)CC2.CCCc1cc2ccc(CCC)c(C)c2c(F)c1F.CCCc1ccc(CCC)c(F)c1F. The van der Waals surface area contributed by atoms with Gasteiger partial charge in [0.05, 0.1) is 0 Å². The molecule has 0 saturated heterocycles. The molecule has 0 aromatic heterocycles.